The summed E-state index contributed by atoms with van der Waals surface area (Å²) in [6, 6.07) is 3.55. The van der Waals surface area contributed by atoms with E-state index in [0.29, 0.717) is 21.5 Å². The van der Waals surface area contributed by atoms with Crippen LogP contribution in [0.1, 0.15) is 27.7 Å². The number of aromatic nitrogens is 5. The molecule has 2 heterocycles. The average molecular weight is 425 g/mol. The number of halogens is 2. The lowest BCUT2D eigenvalue weighted by atomic mass is 10.1. The molecule has 3 aromatic rings. The lowest BCUT2D eigenvalue weighted by Crippen LogP contribution is -2.27. The van der Waals surface area contributed by atoms with Crippen molar-refractivity contribution in [3.8, 4) is 11.3 Å². The van der Waals surface area contributed by atoms with Crippen molar-refractivity contribution < 1.29 is 13.6 Å². The van der Waals surface area contributed by atoms with Crippen molar-refractivity contribution in [1.82, 2.24) is 25.2 Å². The number of thioether (sulfide) groups is 1. The van der Waals surface area contributed by atoms with E-state index in [1.54, 1.807) is 17.0 Å². The van der Waals surface area contributed by atoms with Crippen LogP contribution in [0.25, 0.3) is 11.3 Å². The summed E-state index contributed by atoms with van der Waals surface area (Å²) >= 11 is 2.44. The summed E-state index contributed by atoms with van der Waals surface area (Å²) in [7, 11) is 0. The van der Waals surface area contributed by atoms with Crippen molar-refractivity contribution in [1.29, 1.82) is 0 Å². The number of rotatable bonds is 5. The minimum atomic E-state index is -0.947. The molecule has 0 aliphatic rings. The van der Waals surface area contributed by atoms with Crippen LogP contribution in [0.5, 0.6) is 0 Å². The number of anilines is 1. The van der Waals surface area contributed by atoms with Crippen LogP contribution >= 0.6 is 23.1 Å². The second kappa shape index (κ2) is 7.92. The molecule has 0 fully saturated rings. The van der Waals surface area contributed by atoms with Gasteiger partial charge in [-0.05, 0) is 56.3 Å². The molecule has 0 bridgehead atoms. The van der Waals surface area contributed by atoms with Gasteiger partial charge in [0.1, 0.15) is 0 Å². The Bertz CT molecular complexity index is 998. The zero-order valence-corrected chi connectivity index (χ0v) is 17.2. The zero-order valence-electron chi connectivity index (χ0n) is 15.6. The fourth-order valence-corrected chi connectivity index (χ4v) is 3.91. The average Bonchev–Trinajstić information content (AvgIpc) is 3.26. The molecule has 7 nitrogen and oxygen atoms in total. The lowest BCUT2D eigenvalue weighted by Gasteiger charge is -2.20. The smallest absolute Gasteiger partial charge is 0.239 e. The molecule has 3 rings (SSSR count). The third-order valence-corrected chi connectivity index (χ3v) is 5.47. The Balaban J connectivity index is 1.67. The van der Waals surface area contributed by atoms with Gasteiger partial charge in [-0.15, -0.1) is 16.4 Å². The monoisotopic (exact) mass is 424 g/mol. The second-order valence-corrected chi connectivity index (χ2v) is 9.13. The van der Waals surface area contributed by atoms with Crippen LogP contribution < -0.4 is 5.32 Å². The van der Waals surface area contributed by atoms with Gasteiger partial charge in [0, 0.05) is 10.9 Å². The number of nitrogens with one attached hydrogen (secondary N) is 1. The number of hydrogen-bond donors (Lipinski definition) is 1. The van der Waals surface area contributed by atoms with Crippen molar-refractivity contribution in [2.75, 3.05) is 5.32 Å². The molecule has 0 aliphatic carbocycles. The zero-order chi connectivity index (χ0) is 20.5. The van der Waals surface area contributed by atoms with Crippen LogP contribution in [-0.4, -0.2) is 36.3 Å². The van der Waals surface area contributed by atoms with Gasteiger partial charge in [-0.25, -0.2) is 18.4 Å². The third kappa shape index (κ3) is 4.53. The molecule has 0 aliphatic heterocycles. The van der Waals surface area contributed by atoms with Crippen molar-refractivity contribution in [3.63, 3.8) is 0 Å². The summed E-state index contributed by atoms with van der Waals surface area (Å²) in [4.78, 5) is 16.8. The predicted molar refractivity (Wildman–Crippen MR) is 104 cm³/mol. The van der Waals surface area contributed by atoms with Crippen LogP contribution in [-0.2, 0) is 10.3 Å². The highest BCUT2D eigenvalue weighted by atomic mass is 32.2. The van der Waals surface area contributed by atoms with Crippen LogP contribution in [0.4, 0.5) is 13.9 Å². The van der Waals surface area contributed by atoms with Crippen LogP contribution in [0.2, 0.25) is 0 Å². The van der Waals surface area contributed by atoms with Gasteiger partial charge in [-0.3, -0.25) is 4.79 Å². The normalized spacial score (nSPS) is 12.8. The number of tetrazole rings is 1. The number of amides is 1. The maximum atomic E-state index is 13.4. The lowest BCUT2D eigenvalue weighted by molar-refractivity contribution is -0.115. The van der Waals surface area contributed by atoms with E-state index in [1.807, 2.05) is 20.8 Å². The summed E-state index contributed by atoms with van der Waals surface area (Å²) in [6.45, 7) is 7.64. The maximum Gasteiger partial charge on any atom is 0.239 e. The topological polar surface area (TPSA) is 85.6 Å². The molecule has 1 atom stereocenters. The van der Waals surface area contributed by atoms with E-state index in [9.17, 15) is 13.6 Å². The molecule has 28 heavy (non-hydrogen) atoms. The molecule has 1 aromatic carbocycles. The first-order valence-electron chi connectivity index (χ1n) is 8.32. The van der Waals surface area contributed by atoms with E-state index >= 15 is 0 Å². The van der Waals surface area contributed by atoms with Gasteiger partial charge in [0.15, 0.2) is 16.8 Å². The number of thiazole rings is 1. The molecule has 0 spiro atoms. The largest absolute Gasteiger partial charge is 0.301 e. The summed E-state index contributed by atoms with van der Waals surface area (Å²) in [5.41, 5.74) is 0.579. The summed E-state index contributed by atoms with van der Waals surface area (Å²) in [6.07, 6.45) is 0. The number of carbonyl (C=O) groups excluding carboxylic acids is 1. The standard InChI is InChI=1S/C17H18F2N6OS2/c1-9(28-16-22-23-24-25(16)17(2,3)4)14(26)21-15-20-13(8-27-15)10-5-6-11(18)12(19)7-10/h5-9H,1-4H3,(H,20,21,26). The fourth-order valence-electron chi connectivity index (χ4n) is 2.21. The van der Waals surface area contributed by atoms with Gasteiger partial charge < -0.3 is 5.32 Å². The van der Waals surface area contributed by atoms with Gasteiger partial charge in [-0.2, -0.15) is 0 Å². The minimum Gasteiger partial charge on any atom is -0.301 e. The second-order valence-electron chi connectivity index (χ2n) is 6.96. The highest BCUT2D eigenvalue weighted by Crippen LogP contribution is 2.28. The minimum absolute atomic E-state index is 0.264. The van der Waals surface area contributed by atoms with Gasteiger partial charge in [-0.1, -0.05) is 11.8 Å². The van der Waals surface area contributed by atoms with Crippen LogP contribution in [0.3, 0.4) is 0 Å². The number of carbonyl (C=O) groups is 1. The maximum absolute atomic E-state index is 13.4. The molecule has 148 valence electrons. The summed E-state index contributed by atoms with van der Waals surface area (Å²) in [5, 5.41) is 16.5. The Labute approximate surface area is 168 Å². The van der Waals surface area contributed by atoms with Crippen LogP contribution in [0, 0.1) is 11.6 Å². The Hall–Kier alpha value is -2.40. The summed E-state index contributed by atoms with van der Waals surface area (Å²) < 4.78 is 28.1. The van der Waals surface area contributed by atoms with Crippen molar-refractivity contribution in [3.05, 3.63) is 35.2 Å². The van der Waals surface area contributed by atoms with E-state index in [-0.39, 0.29) is 11.4 Å². The molecule has 1 amide bonds. The molecular formula is C17H18F2N6OS2. The van der Waals surface area contributed by atoms with Crippen molar-refractivity contribution in [2.24, 2.45) is 0 Å². The number of benzene rings is 1. The molecule has 2 aromatic heterocycles. The molecule has 1 unspecified atom stereocenters. The number of nitrogens with zero attached hydrogens (tertiary/aromatic N) is 5. The molecule has 1 N–H and O–H groups in total. The molecule has 0 saturated heterocycles. The molecule has 0 radical (unpaired) electrons. The Kier molecular flexibility index (Phi) is 5.75. The van der Waals surface area contributed by atoms with Gasteiger partial charge in [0.25, 0.3) is 0 Å². The number of hydrogen-bond acceptors (Lipinski definition) is 7. The Morgan fingerprint density at radius 3 is 2.71 bits per heavy atom. The van der Waals surface area contributed by atoms with Gasteiger partial charge >= 0.3 is 0 Å². The van der Waals surface area contributed by atoms with Crippen LogP contribution in [0.15, 0.2) is 28.7 Å². The first kappa shape index (κ1) is 20.3. The van der Waals surface area contributed by atoms with Gasteiger partial charge in [0.05, 0.1) is 16.5 Å². The summed E-state index contributed by atoms with van der Waals surface area (Å²) in [5.74, 6) is -2.13. The third-order valence-electron chi connectivity index (χ3n) is 3.68. The van der Waals surface area contributed by atoms with Crippen molar-refractivity contribution in [2.45, 2.75) is 43.6 Å². The van der Waals surface area contributed by atoms with Crippen molar-refractivity contribution >= 4 is 34.1 Å². The van der Waals surface area contributed by atoms with E-state index in [4.69, 9.17) is 0 Å². The highest BCUT2D eigenvalue weighted by Gasteiger charge is 2.24. The Morgan fingerprint density at radius 1 is 1.29 bits per heavy atom. The van der Waals surface area contributed by atoms with E-state index in [1.165, 1.54) is 29.2 Å². The quantitative estimate of drug-likeness (QED) is 0.624. The van der Waals surface area contributed by atoms with E-state index in [0.717, 1.165) is 12.1 Å². The Morgan fingerprint density at radius 2 is 2.04 bits per heavy atom. The first-order chi connectivity index (χ1) is 13.1. The van der Waals surface area contributed by atoms with Gasteiger partial charge in [0.2, 0.25) is 11.1 Å². The van der Waals surface area contributed by atoms with E-state index in [2.05, 4.69) is 25.8 Å². The fraction of sp³-hybridized carbons (Fsp3) is 0.353. The van der Waals surface area contributed by atoms with E-state index < -0.39 is 16.9 Å². The molecule has 11 heteroatoms. The highest BCUT2D eigenvalue weighted by molar-refractivity contribution is 8.00. The predicted octanol–water partition coefficient (Wildman–Crippen LogP) is 3.95. The SMILES string of the molecule is CC(Sc1nnnn1C(C)(C)C)C(=O)Nc1nc(-c2ccc(F)c(F)c2)cs1. The first-order valence-corrected chi connectivity index (χ1v) is 10.1. The molecule has 0 saturated carbocycles. The molecular weight excluding hydrogens is 406 g/mol.